The number of benzene rings is 1. The van der Waals surface area contributed by atoms with Gasteiger partial charge >= 0.3 is 0 Å². The first kappa shape index (κ1) is 20.7. The average Bonchev–Trinajstić information content (AvgIpc) is 3.46. The molecule has 30 heavy (non-hydrogen) atoms. The first-order valence-corrected chi connectivity index (χ1v) is 11.6. The van der Waals surface area contributed by atoms with Crippen LogP contribution in [-0.4, -0.2) is 34.8 Å². The molecule has 1 N–H and O–H groups in total. The molecule has 156 valence electrons. The van der Waals surface area contributed by atoms with Crippen molar-refractivity contribution in [2.45, 2.75) is 26.3 Å². The van der Waals surface area contributed by atoms with E-state index in [1.165, 1.54) is 17.4 Å². The molecule has 1 aliphatic heterocycles. The maximum absolute atomic E-state index is 13.6. The molecule has 0 bridgehead atoms. The molecule has 0 saturated carbocycles. The van der Waals surface area contributed by atoms with E-state index in [1.54, 1.807) is 34.6 Å². The van der Waals surface area contributed by atoms with Gasteiger partial charge in [0.2, 0.25) is 5.91 Å². The summed E-state index contributed by atoms with van der Waals surface area (Å²) in [5, 5.41) is 9.55. The van der Waals surface area contributed by atoms with E-state index in [1.807, 2.05) is 22.9 Å². The number of hydrogen-bond donors (Lipinski definition) is 1. The van der Waals surface area contributed by atoms with Crippen LogP contribution >= 0.6 is 22.7 Å². The minimum absolute atomic E-state index is 0.0449. The lowest BCUT2D eigenvalue weighted by Gasteiger charge is -2.31. The Labute approximate surface area is 182 Å². The van der Waals surface area contributed by atoms with Crippen LogP contribution in [0.5, 0.6) is 0 Å². The number of nitrogens with one attached hydrogen (secondary N) is 1. The number of likely N-dealkylation sites (tertiary alicyclic amines) is 1. The zero-order chi connectivity index (χ0) is 21.1. The predicted molar refractivity (Wildman–Crippen MR) is 117 cm³/mol. The number of aryl methyl sites for hydroxylation is 1. The van der Waals surface area contributed by atoms with Gasteiger partial charge in [0.15, 0.2) is 0 Å². The fourth-order valence-electron chi connectivity index (χ4n) is 3.48. The van der Waals surface area contributed by atoms with Crippen molar-refractivity contribution in [1.29, 1.82) is 0 Å². The number of thiazole rings is 1. The van der Waals surface area contributed by atoms with Gasteiger partial charge in [0, 0.05) is 41.9 Å². The van der Waals surface area contributed by atoms with Gasteiger partial charge in [0.1, 0.15) is 16.5 Å². The lowest BCUT2D eigenvalue weighted by Crippen LogP contribution is -2.43. The summed E-state index contributed by atoms with van der Waals surface area (Å²) in [6.45, 7) is 3.07. The second-order valence-corrected chi connectivity index (χ2v) is 9.06. The first-order chi connectivity index (χ1) is 14.5. The number of halogens is 1. The lowest BCUT2D eigenvalue weighted by atomic mass is 9.95. The van der Waals surface area contributed by atoms with Crippen LogP contribution in [0, 0.1) is 18.7 Å². The Morgan fingerprint density at radius 2 is 2.03 bits per heavy atom. The van der Waals surface area contributed by atoms with Crippen LogP contribution in [-0.2, 0) is 11.3 Å². The minimum atomic E-state index is -0.266. The Morgan fingerprint density at radius 1 is 1.23 bits per heavy atom. The van der Waals surface area contributed by atoms with E-state index in [-0.39, 0.29) is 23.5 Å². The normalized spacial score (nSPS) is 14.7. The Kier molecular flexibility index (Phi) is 6.24. The van der Waals surface area contributed by atoms with E-state index >= 15 is 0 Å². The van der Waals surface area contributed by atoms with E-state index in [2.05, 4.69) is 10.3 Å². The van der Waals surface area contributed by atoms with Crippen LogP contribution in [0.1, 0.15) is 34.5 Å². The molecule has 2 amide bonds. The molecule has 1 aliphatic rings. The number of carbonyl (C=O) groups excluding carboxylic acids is 2. The summed E-state index contributed by atoms with van der Waals surface area (Å²) in [6, 6.07) is 6.98. The smallest absolute Gasteiger partial charge is 0.273 e. The quantitative estimate of drug-likeness (QED) is 0.632. The predicted octanol–water partition coefficient (Wildman–Crippen LogP) is 4.49. The number of aromatic nitrogens is 1. The Bertz CT molecular complexity index is 1040. The summed E-state index contributed by atoms with van der Waals surface area (Å²) in [6.07, 6.45) is 1.22. The third-order valence-corrected chi connectivity index (χ3v) is 6.92. The lowest BCUT2D eigenvalue weighted by molar-refractivity contribution is -0.126. The van der Waals surface area contributed by atoms with Crippen LogP contribution in [0.3, 0.4) is 0 Å². The van der Waals surface area contributed by atoms with Crippen LogP contribution < -0.4 is 5.32 Å². The maximum Gasteiger partial charge on any atom is 0.273 e. The van der Waals surface area contributed by atoms with Crippen molar-refractivity contribution in [3.05, 3.63) is 63.0 Å². The van der Waals surface area contributed by atoms with E-state index in [0.717, 1.165) is 16.1 Å². The van der Waals surface area contributed by atoms with Crippen molar-refractivity contribution >= 4 is 34.5 Å². The molecular weight excluding hydrogens is 421 g/mol. The first-order valence-electron chi connectivity index (χ1n) is 9.81. The number of thiophene rings is 1. The summed E-state index contributed by atoms with van der Waals surface area (Å²) in [7, 11) is 0. The monoisotopic (exact) mass is 443 g/mol. The number of carbonyl (C=O) groups is 2. The highest BCUT2D eigenvalue weighted by atomic mass is 32.1. The van der Waals surface area contributed by atoms with Crippen molar-refractivity contribution < 1.29 is 14.0 Å². The molecule has 0 unspecified atom stereocenters. The molecule has 5 nitrogen and oxygen atoms in total. The van der Waals surface area contributed by atoms with Gasteiger partial charge in [-0.1, -0.05) is 12.1 Å². The molecule has 0 radical (unpaired) electrons. The Hall–Kier alpha value is -2.58. The van der Waals surface area contributed by atoms with Crippen LogP contribution in [0.25, 0.3) is 10.6 Å². The third kappa shape index (κ3) is 4.60. The molecule has 3 aromatic rings. The van der Waals surface area contributed by atoms with Gasteiger partial charge in [-0.2, -0.15) is 11.3 Å². The zero-order valence-corrected chi connectivity index (χ0v) is 18.2. The largest absolute Gasteiger partial charge is 0.352 e. The third-order valence-electron chi connectivity index (χ3n) is 5.35. The average molecular weight is 444 g/mol. The second kappa shape index (κ2) is 9.06. The molecular formula is C22H22FN3O2S2. The van der Waals surface area contributed by atoms with Gasteiger partial charge in [-0.05, 0) is 48.4 Å². The van der Waals surface area contributed by atoms with Gasteiger partial charge in [0.05, 0.1) is 0 Å². The molecule has 8 heteroatoms. The van der Waals surface area contributed by atoms with Crippen molar-refractivity contribution in [1.82, 2.24) is 15.2 Å². The van der Waals surface area contributed by atoms with Gasteiger partial charge in [-0.3, -0.25) is 9.59 Å². The Morgan fingerprint density at radius 3 is 2.73 bits per heavy atom. The van der Waals surface area contributed by atoms with Gasteiger partial charge < -0.3 is 10.2 Å². The molecule has 2 aromatic heterocycles. The second-order valence-electron chi connectivity index (χ2n) is 7.42. The summed E-state index contributed by atoms with van der Waals surface area (Å²) >= 11 is 3.07. The molecule has 0 aliphatic carbocycles. The van der Waals surface area contributed by atoms with E-state index in [4.69, 9.17) is 0 Å². The van der Waals surface area contributed by atoms with E-state index in [0.29, 0.717) is 43.7 Å². The van der Waals surface area contributed by atoms with Crippen molar-refractivity contribution in [2.75, 3.05) is 13.1 Å². The van der Waals surface area contributed by atoms with Gasteiger partial charge in [-0.15, -0.1) is 11.3 Å². The molecule has 1 fully saturated rings. The van der Waals surface area contributed by atoms with E-state index in [9.17, 15) is 14.0 Å². The van der Waals surface area contributed by atoms with E-state index < -0.39 is 0 Å². The summed E-state index contributed by atoms with van der Waals surface area (Å²) in [5.41, 5.74) is 2.83. The summed E-state index contributed by atoms with van der Waals surface area (Å²) in [5.74, 6) is -0.530. The van der Waals surface area contributed by atoms with Crippen molar-refractivity contribution in [3.8, 4) is 10.6 Å². The highest BCUT2D eigenvalue weighted by molar-refractivity contribution is 7.14. The molecule has 1 aromatic carbocycles. The fraction of sp³-hybridized carbons (Fsp3) is 0.318. The molecule has 0 spiro atoms. The minimum Gasteiger partial charge on any atom is -0.352 e. The fourth-order valence-corrected chi connectivity index (χ4v) is 4.98. The topological polar surface area (TPSA) is 62.3 Å². The van der Waals surface area contributed by atoms with Crippen LogP contribution in [0.15, 0.2) is 40.4 Å². The number of hydrogen-bond acceptors (Lipinski definition) is 5. The highest BCUT2D eigenvalue weighted by Gasteiger charge is 2.28. The molecule has 1 saturated heterocycles. The van der Waals surface area contributed by atoms with Gasteiger partial charge in [-0.25, -0.2) is 9.37 Å². The van der Waals surface area contributed by atoms with Crippen LogP contribution in [0.2, 0.25) is 0 Å². The standard InChI is InChI=1S/C22H22FN3O2S2/c1-14-2-3-15(10-18(14)23)11-24-20(27)16-4-7-26(8-5-16)22(28)19-13-30-21(25-19)17-6-9-29-12-17/h2-3,6,9-10,12-13,16H,4-5,7-8,11H2,1H3,(H,24,27). The molecule has 0 atom stereocenters. The van der Waals surface area contributed by atoms with Gasteiger partial charge in [0.25, 0.3) is 5.91 Å². The summed E-state index contributed by atoms with van der Waals surface area (Å²) in [4.78, 5) is 31.5. The maximum atomic E-state index is 13.6. The van der Waals surface area contributed by atoms with Crippen LogP contribution in [0.4, 0.5) is 4.39 Å². The number of piperidine rings is 1. The van der Waals surface area contributed by atoms with Crippen molar-refractivity contribution in [2.24, 2.45) is 5.92 Å². The van der Waals surface area contributed by atoms with Crippen molar-refractivity contribution in [3.63, 3.8) is 0 Å². The Balaban J connectivity index is 1.28. The summed E-state index contributed by atoms with van der Waals surface area (Å²) < 4.78 is 13.6. The zero-order valence-electron chi connectivity index (χ0n) is 16.6. The highest BCUT2D eigenvalue weighted by Crippen LogP contribution is 2.27. The number of nitrogens with zero attached hydrogens (tertiary/aromatic N) is 2. The number of rotatable bonds is 5. The molecule has 4 rings (SSSR count). The molecule has 3 heterocycles. The SMILES string of the molecule is Cc1ccc(CNC(=O)C2CCN(C(=O)c3csc(-c4ccsc4)n3)CC2)cc1F. The number of amides is 2.